The van der Waals surface area contributed by atoms with Gasteiger partial charge >= 0.3 is 6.18 Å². The summed E-state index contributed by atoms with van der Waals surface area (Å²) in [6.07, 6.45) is -10.9. The quantitative estimate of drug-likeness (QED) is 0.345. The Balaban J connectivity index is 1.76. The lowest BCUT2D eigenvalue weighted by Gasteiger charge is -2.24. The average molecular weight is 512 g/mol. The van der Waals surface area contributed by atoms with Crippen molar-refractivity contribution < 1.29 is 33.3 Å². The van der Waals surface area contributed by atoms with Gasteiger partial charge in [-0.15, -0.1) is 0 Å². The fourth-order valence-electron chi connectivity index (χ4n) is 2.94. The van der Waals surface area contributed by atoms with Crippen LogP contribution in [0.3, 0.4) is 0 Å². The van der Waals surface area contributed by atoms with Crippen LogP contribution in [-0.2, 0) is 0 Å². The van der Waals surface area contributed by atoms with Gasteiger partial charge < -0.3 is 15.8 Å². The molecule has 12 heteroatoms. The summed E-state index contributed by atoms with van der Waals surface area (Å²) in [6, 6.07) is 0.516. The third kappa shape index (κ3) is 5.02. The summed E-state index contributed by atoms with van der Waals surface area (Å²) in [7, 11) is 0. The first-order chi connectivity index (χ1) is 18.6. The Morgan fingerprint density at radius 1 is 1.21 bits per heavy atom. The molecule has 1 fully saturated rings. The zero-order valence-corrected chi connectivity index (χ0v) is 17.7. The molecule has 4 rings (SSSR count). The summed E-state index contributed by atoms with van der Waals surface area (Å²) in [4.78, 5) is 3.80. The molecule has 2 aromatic heterocycles. The van der Waals surface area contributed by atoms with Crippen molar-refractivity contribution >= 4 is 29.0 Å². The van der Waals surface area contributed by atoms with Crippen LogP contribution < -0.4 is 15.8 Å². The molecule has 1 aromatic carbocycles. The maximum Gasteiger partial charge on any atom is 0.429 e. The van der Waals surface area contributed by atoms with Gasteiger partial charge in [0.05, 0.1) is 17.3 Å². The van der Waals surface area contributed by atoms with Crippen molar-refractivity contribution in [3.8, 4) is 16.9 Å². The molecule has 0 bridgehead atoms. The predicted octanol–water partition coefficient (Wildman–Crippen LogP) is 5.58. The summed E-state index contributed by atoms with van der Waals surface area (Å²) < 4.78 is 127. The molecule has 0 radical (unpaired) electrons. The highest BCUT2D eigenvalue weighted by atomic mass is 35.5. The highest BCUT2D eigenvalue weighted by Crippen LogP contribution is 2.44. The molecule has 3 heterocycles. The Morgan fingerprint density at radius 3 is 2.64 bits per heavy atom. The lowest BCUT2D eigenvalue weighted by molar-refractivity contribution is -0.197. The Hall–Kier alpha value is -2.56. The zero-order valence-electron chi connectivity index (χ0n) is 24.2. The Bertz CT molecular complexity index is 1460. The van der Waals surface area contributed by atoms with Gasteiger partial charge in [0, 0.05) is 45.1 Å². The van der Waals surface area contributed by atoms with Crippen molar-refractivity contribution in [1.82, 2.24) is 20.1 Å². The molecule has 3 aromatic rings. The van der Waals surface area contributed by atoms with Crippen molar-refractivity contribution in [2.75, 3.05) is 18.7 Å². The summed E-state index contributed by atoms with van der Waals surface area (Å²) in [5.41, 5.74) is 4.86. The second-order valence-electron chi connectivity index (χ2n) is 6.68. The van der Waals surface area contributed by atoms with E-state index in [1.807, 2.05) is 0 Å². The zero-order chi connectivity index (χ0) is 30.9. The molecule has 0 amide bonds. The van der Waals surface area contributed by atoms with Crippen LogP contribution in [-0.4, -0.2) is 33.9 Å². The lowest BCUT2D eigenvalue weighted by Crippen LogP contribution is -2.29. The molecule has 176 valence electrons. The van der Waals surface area contributed by atoms with Crippen LogP contribution in [0.25, 0.3) is 11.1 Å². The molecular weight excluding hydrogens is 485 g/mol. The third-order valence-electron chi connectivity index (χ3n) is 4.51. The molecular formula is C21H19Cl2F4N5O. The fourth-order valence-corrected chi connectivity index (χ4v) is 3.51. The number of halogens is 6. The molecule has 1 unspecified atom stereocenters. The highest BCUT2D eigenvalue weighted by Gasteiger charge is 2.46. The maximum absolute atomic E-state index is 14.0. The van der Waals surface area contributed by atoms with Crippen molar-refractivity contribution in [2.24, 2.45) is 0 Å². The minimum atomic E-state index is -5.15. The fraction of sp³-hybridized carbons (Fsp3) is 0.333. The number of hydrogen-bond acceptors (Lipinski definition) is 5. The summed E-state index contributed by atoms with van der Waals surface area (Å²) in [5.74, 6) is -2.32. The molecule has 33 heavy (non-hydrogen) atoms. The normalized spacial score (nSPS) is 25.8. The second kappa shape index (κ2) is 9.36. The Morgan fingerprint density at radius 2 is 1.94 bits per heavy atom. The molecule has 0 aliphatic carbocycles. The number of anilines is 1. The van der Waals surface area contributed by atoms with Gasteiger partial charge in [-0.05, 0) is 43.9 Å². The number of nitrogen functional groups attached to an aromatic ring is 1. The monoisotopic (exact) mass is 511 g/mol. The van der Waals surface area contributed by atoms with E-state index in [-0.39, 0.29) is 11.1 Å². The Kier molecular flexibility index (Phi) is 4.36. The number of ether oxygens (including phenoxy) is 1. The first-order valence-corrected chi connectivity index (χ1v) is 9.83. The van der Waals surface area contributed by atoms with Gasteiger partial charge in [0.25, 0.3) is 0 Å². The molecule has 0 saturated carbocycles. The summed E-state index contributed by atoms with van der Waals surface area (Å²) >= 11 is 11.7. The first-order valence-electron chi connectivity index (χ1n) is 13.1. The highest BCUT2D eigenvalue weighted by molar-refractivity contribution is 6.36. The van der Waals surface area contributed by atoms with Gasteiger partial charge in [-0.25, -0.2) is 9.37 Å². The van der Waals surface area contributed by atoms with Crippen LogP contribution in [0.4, 0.5) is 23.4 Å². The standard InChI is InChI=1S/C21H19Cl2F4N5O/c22-14-1-2-15(24)18(23)17(14)19(21(25,26)27)33-16-7-11(8-30-20(16)28)12-9-31-32(10-12)13-3-5-29-6-4-13/h1-2,7-10,13,19,29H,3-6H2,(H2,28,30)/i3D2,4D2,5D2,6D2. The van der Waals surface area contributed by atoms with Gasteiger partial charge in [-0.1, -0.05) is 23.2 Å². The van der Waals surface area contributed by atoms with E-state index in [1.54, 1.807) is 5.32 Å². The number of nitrogens with two attached hydrogens (primary N) is 1. The number of nitrogens with one attached hydrogen (secondary N) is 1. The number of benzene rings is 1. The molecule has 6 nitrogen and oxygen atoms in total. The number of nitrogens with zero attached hydrogens (tertiary/aromatic N) is 3. The molecule has 1 aliphatic rings. The summed E-state index contributed by atoms with van der Waals surface area (Å²) in [6.45, 7) is -6.07. The minimum Gasteiger partial charge on any atom is -0.472 e. The number of pyridine rings is 1. The van der Waals surface area contributed by atoms with Gasteiger partial charge in [0.15, 0.2) is 11.6 Å². The number of alkyl halides is 3. The smallest absolute Gasteiger partial charge is 0.429 e. The van der Waals surface area contributed by atoms with Gasteiger partial charge in [-0.3, -0.25) is 4.68 Å². The van der Waals surface area contributed by atoms with Crippen LogP contribution in [0.2, 0.25) is 10.0 Å². The third-order valence-corrected chi connectivity index (χ3v) is 5.22. The minimum absolute atomic E-state index is 0.00103. The van der Waals surface area contributed by atoms with E-state index in [4.69, 9.17) is 44.6 Å². The van der Waals surface area contributed by atoms with Crippen LogP contribution in [0.1, 0.15) is 41.4 Å². The van der Waals surface area contributed by atoms with E-state index in [2.05, 4.69) is 10.1 Å². The largest absolute Gasteiger partial charge is 0.472 e. The SMILES string of the molecule is [2H]C1([2H])NC([2H])([2H])C([2H])([2H])C(n2cc(-c3cnc(N)c(OC(c4c(Cl)ccc(F)c4Cl)C(F)(F)F)c3)cn2)C1([2H])[2H]. The van der Waals surface area contributed by atoms with Crippen molar-refractivity contribution in [3.05, 3.63) is 58.2 Å². The Labute approximate surface area is 207 Å². The van der Waals surface area contributed by atoms with E-state index in [1.165, 1.54) is 0 Å². The first kappa shape index (κ1) is 15.4. The molecule has 3 N–H and O–H groups in total. The number of aromatic nitrogens is 3. The molecule has 1 aliphatic heterocycles. The maximum atomic E-state index is 14.0. The second-order valence-corrected chi connectivity index (χ2v) is 7.46. The number of rotatable bonds is 5. The number of hydrogen-bond donors (Lipinski definition) is 2. The van der Waals surface area contributed by atoms with Crippen molar-refractivity contribution in [1.29, 1.82) is 0 Å². The molecule has 1 saturated heterocycles. The lowest BCUT2D eigenvalue weighted by atomic mass is 10.1. The van der Waals surface area contributed by atoms with Gasteiger partial charge in [0.1, 0.15) is 5.82 Å². The van der Waals surface area contributed by atoms with E-state index in [0.29, 0.717) is 4.68 Å². The van der Waals surface area contributed by atoms with Gasteiger partial charge in [-0.2, -0.15) is 18.3 Å². The van der Waals surface area contributed by atoms with Crippen LogP contribution in [0.15, 0.2) is 36.8 Å². The van der Waals surface area contributed by atoms with Crippen LogP contribution in [0.5, 0.6) is 5.75 Å². The van der Waals surface area contributed by atoms with E-state index in [0.717, 1.165) is 36.8 Å². The van der Waals surface area contributed by atoms with Crippen LogP contribution >= 0.6 is 23.2 Å². The molecule has 0 spiro atoms. The summed E-state index contributed by atoms with van der Waals surface area (Å²) in [5, 5.41) is 4.15. The van der Waals surface area contributed by atoms with Gasteiger partial charge in [0.2, 0.25) is 6.10 Å². The predicted molar refractivity (Wildman–Crippen MR) is 117 cm³/mol. The van der Waals surface area contributed by atoms with E-state index >= 15 is 0 Å². The number of piperidine rings is 1. The van der Waals surface area contributed by atoms with Crippen LogP contribution in [0, 0.1) is 5.82 Å². The molecule has 1 atom stereocenters. The van der Waals surface area contributed by atoms with Crippen molar-refractivity contribution in [2.45, 2.75) is 31.1 Å². The van der Waals surface area contributed by atoms with Crippen molar-refractivity contribution in [3.63, 3.8) is 0 Å². The van der Waals surface area contributed by atoms with E-state index < -0.39 is 77.1 Å². The topological polar surface area (TPSA) is 78.0 Å². The van der Waals surface area contributed by atoms with E-state index in [9.17, 15) is 17.6 Å². The average Bonchev–Trinajstić information content (AvgIpc) is 3.29.